The zero-order chi connectivity index (χ0) is 17.8. The number of rotatable bonds is 4. The molecule has 5 heteroatoms. The Morgan fingerprint density at radius 3 is 2.04 bits per heavy atom. The van der Waals surface area contributed by atoms with Gasteiger partial charge in [0.15, 0.2) is 0 Å². The molecule has 0 aliphatic rings. The quantitative estimate of drug-likeness (QED) is 0.565. The van der Waals surface area contributed by atoms with Crippen LogP contribution in [-0.4, -0.2) is 9.97 Å². The number of anilines is 2. The Hall–Kier alpha value is -3.91. The number of hydrogen-bond donors (Lipinski definition) is 1. The number of furan rings is 1. The van der Waals surface area contributed by atoms with E-state index in [-0.39, 0.29) is 0 Å². The molecule has 1 N–H and O–H groups in total. The summed E-state index contributed by atoms with van der Waals surface area (Å²) in [4.78, 5) is 8.28. The molecule has 0 unspecified atom stereocenters. The maximum absolute atomic E-state index is 9.81. The minimum Gasteiger partial charge on any atom is -0.438 e. The Morgan fingerprint density at radius 1 is 0.808 bits per heavy atom. The van der Waals surface area contributed by atoms with Gasteiger partial charge in [0.2, 0.25) is 11.8 Å². The summed E-state index contributed by atoms with van der Waals surface area (Å²) in [6, 6.07) is 23.4. The molecule has 2 heterocycles. The highest BCUT2D eigenvalue weighted by molar-refractivity contribution is 5.88. The monoisotopic (exact) mass is 338 g/mol. The normalized spacial score (nSPS) is 10.3. The van der Waals surface area contributed by atoms with Crippen molar-refractivity contribution in [2.24, 2.45) is 0 Å². The molecule has 4 aromatic rings. The highest BCUT2D eigenvalue weighted by atomic mass is 16.4. The van der Waals surface area contributed by atoms with E-state index >= 15 is 0 Å². The van der Waals surface area contributed by atoms with E-state index in [9.17, 15) is 5.26 Å². The number of nitrogens with zero attached hydrogens (tertiary/aromatic N) is 3. The Labute approximate surface area is 150 Å². The van der Waals surface area contributed by atoms with Crippen LogP contribution in [0, 0.1) is 11.3 Å². The second kappa shape index (κ2) is 6.91. The lowest BCUT2D eigenvalue weighted by Gasteiger charge is -2.03. The van der Waals surface area contributed by atoms with E-state index in [0.717, 1.165) is 16.7 Å². The summed E-state index contributed by atoms with van der Waals surface area (Å²) in [5.74, 6) is 1.33. The third-order valence-corrected chi connectivity index (χ3v) is 3.91. The molecule has 5 nitrogen and oxygen atoms in total. The zero-order valence-electron chi connectivity index (χ0n) is 13.8. The summed E-state index contributed by atoms with van der Waals surface area (Å²) >= 11 is 0. The summed E-state index contributed by atoms with van der Waals surface area (Å²) in [6.07, 6.45) is 3.25. The molecule has 0 radical (unpaired) electrons. The summed E-state index contributed by atoms with van der Waals surface area (Å²) in [7, 11) is 0. The first kappa shape index (κ1) is 15.6. The lowest BCUT2D eigenvalue weighted by Crippen LogP contribution is -1.96. The van der Waals surface area contributed by atoms with Crippen LogP contribution in [-0.2, 0) is 0 Å². The molecule has 0 spiro atoms. The van der Waals surface area contributed by atoms with Gasteiger partial charge in [0.25, 0.3) is 0 Å². The van der Waals surface area contributed by atoms with Crippen LogP contribution < -0.4 is 5.32 Å². The summed E-state index contributed by atoms with van der Waals surface area (Å²) in [6.45, 7) is 0. The van der Waals surface area contributed by atoms with Crippen LogP contribution in [0.25, 0.3) is 22.5 Å². The Bertz CT molecular complexity index is 1050. The van der Waals surface area contributed by atoms with Gasteiger partial charge in [-0.1, -0.05) is 60.7 Å². The Morgan fingerprint density at radius 2 is 1.42 bits per heavy atom. The lowest BCUT2D eigenvalue weighted by molar-refractivity contribution is 0.599. The van der Waals surface area contributed by atoms with E-state index < -0.39 is 0 Å². The fourth-order valence-electron chi connectivity index (χ4n) is 2.76. The molecule has 124 valence electrons. The lowest BCUT2D eigenvalue weighted by atomic mass is 9.98. The van der Waals surface area contributed by atoms with Gasteiger partial charge in [-0.25, -0.2) is 9.97 Å². The molecule has 2 aromatic carbocycles. The van der Waals surface area contributed by atoms with Crippen LogP contribution in [0.4, 0.5) is 11.8 Å². The van der Waals surface area contributed by atoms with E-state index in [0.29, 0.717) is 23.2 Å². The first-order valence-corrected chi connectivity index (χ1v) is 8.08. The number of nitrogens with one attached hydrogen (secondary N) is 1. The van der Waals surface area contributed by atoms with Crippen molar-refractivity contribution < 1.29 is 4.42 Å². The first-order valence-electron chi connectivity index (χ1n) is 8.08. The van der Waals surface area contributed by atoms with Gasteiger partial charge >= 0.3 is 0 Å². The van der Waals surface area contributed by atoms with Gasteiger partial charge in [-0.05, 0) is 11.6 Å². The average Bonchev–Trinajstić information content (AvgIpc) is 3.08. The van der Waals surface area contributed by atoms with Crippen LogP contribution in [0.3, 0.4) is 0 Å². The van der Waals surface area contributed by atoms with E-state index in [1.165, 1.54) is 0 Å². The number of benzene rings is 2. The van der Waals surface area contributed by atoms with Gasteiger partial charge in [0, 0.05) is 23.5 Å². The summed E-state index contributed by atoms with van der Waals surface area (Å²) in [5.41, 5.74) is 2.97. The second-order valence-electron chi connectivity index (χ2n) is 5.55. The van der Waals surface area contributed by atoms with E-state index in [1.54, 1.807) is 18.5 Å². The van der Waals surface area contributed by atoms with Gasteiger partial charge in [-0.2, -0.15) is 5.26 Å². The Kier molecular flexibility index (Phi) is 4.15. The maximum atomic E-state index is 9.81. The molecule has 0 aliphatic heterocycles. The molecule has 0 amide bonds. The van der Waals surface area contributed by atoms with Crippen molar-refractivity contribution in [3.05, 3.63) is 84.7 Å². The average molecular weight is 338 g/mol. The number of aromatic nitrogens is 2. The van der Waals surface area contributed by atoms with Gasteiger partial charge in [-0.3, -0.25) is 5.32 Å². The number of nitriles is 1. The second-order valence-corrected chi connectivity index (χ2v) is 5.55. The highest BCUT2D eigenvalue weighted by Crippen LogP contribution is 2.41. The molecule has 26 heavy (non-hydrogen) atoms. The van der Waals surface area contributed by atoms with Crippen molar-refractivity contribution in [2.75, 3.05) is 5.32 Å². The van der Waals surface area contributed by atoms with E-state index in [4.69, 9.17) is 4.42 Å². The fourth-order valence-corrected chi connectivity index (χ4v) is 2.76. The predicted molar refractivity (Wildman–Crippen MR) is 99.6 cm³/mol. The summed E-state index contributed by atoms with van der Waals surface area (Å²) < 4.78 is 6.07. The fraction of sp³-hybridized carbons (Fsp3) is 0. The molecular formula is C21H14N4O. The van der Waals surface area contributed by atoms with Crippen LogP contribution in [0.1, 0.15) is 5.56 Å². The molecule has 0 fully saturated rings. The minimum absolute atomic E-state index is 0.330. The van der Waals surface area contributed by atoms with E-state index in [2.05, 4.69) is 21.4 Å². The van der Waals surface area contributed by atoms with Gasteiger partial charge in [0.1, 0.15) is 17.4 Å². The van der Waals surface area contributed by atoms with Crippen molar-refractivity contribution in [2.45, 2.75) is 0 Å². The molecule has 4 rings (SSSR count). The van der Waals surface area contributed by atoms with Crippen LogP contribution >= 0.6 is 0 Å². The smallest absolute Gasteiger partial charge is 0.229 e. The van der Waals surface area contributed by atoms with Gasteiger partial charge in [-0.15, -0.1) is 0 Å². The van der Waals surface area contributed by atoms with Crippen LogP contribution in [0.15, 0.2) is 83.5 Å². The third kappa shape index (κ3) is 2.92. The van der Waals surface area contributed by atoms with Crippen LogP contribution in [0.2, 0.25) is 0 Å². The molecular weight excluding hydrogens is 324 g/mol. The molecule has 0 saturated heterocycles. The number of hydrogen-bond acceptors (Lipinski definition) is 5. The highest BCUT2D eigenvalue weighted by Gasteiger charge is 2.23. The standard InChI is InChI=1S/C21H14N4O/c22-14-17-18(15-8-3-1-4-9-15)19(16-10-5-2-6-11-16)26-20(17)25-21-23-12-7-13-24-21/h1-13H,(H,23,24,25). The van der Waals surface area contributed by atoms with Crippen molar-refractivity contribution in [3.8, 4) is 28.5 Å². The third-order valence-electron chi connectivity index (χ3n) is 3.91. The van der Waals surface area contributed by atoms with Crippen molar-refractivity contribution >= 4 is 11.8 Å². The maximum Gasteiger partial charge on any atom is 0.229 e. The molecule has 0 atom stereocenters. The SMILES string of the molecule is N#Cc1c(Nc2ncccn2)oc(-c2ccccc2)c1-c1ccccc1. The van der Waals surface area contributed by atoms with Crippen molar-refractivity contribution in [1.82, 2.24) is 9.97 Å². The summed E-state index contributed by atoms with van der Waals surface area (Å²) in [5, 5.41) is 12.8. The van der Waals surface area contributed by atoms with E-state index in [1.807, 2.05) is 60.7 Å². The molecule has 2 aromatic heterocycles. The zero-order valence-corrected chi connectivity index (χ0v) is 13.8. The minimum atomic E-state index is 0.330. The molecule has 0 bridgehead atoms. The van der Waals surface area contributed by atoms with Crippen molar-refractivity contribution in [1.29, 1.82) is 5.26 Å². The predicted octanol–water partition coefficient (Wildman–Crippen LogP) is 5.02. The van der Waals surface area contributed by atoms with Crippen LogP contribution in [0.5, 0.6) is 0 Å². The topological polar surface area (TPSA) is 74.7 Å². The molecule has 0 saturated carbocycles. The van der Waals surface area contributed by atoms with Gasteiger partial charge in [0.05, 0.1) is 0 Å². The largest absolute Gasteiger partial charge is 0.438 e. The Balaban J connectivity index is 1.92. The molecule has 0 aliphatic carbocycles. The van der Waals surface area contributed by atoms with Crippen molar-refractivity contribution in [3.63, 3.8) is 0 Å². The van der Waals surface area contributed by atoms with Gasteiger partial charge < -0.3 is 4.42 Å². The first-order chi connectivity index (χ1) is 12.9.